The molecule has 1 fully saturated rings. The highest BCUT2D eigenvalue weighted by Crippen LogP contribution is 2.12. The molecule has 1 aliphatic heterocycles. The quantitative estimate of drug-likeness (QED) is 0.827. The lowest BCUT2D eigenvalue weighted by Crippen LogP contribution is -2.25. The Balaban J connectivity index is 1.95. The second-order valence-electron chi connectivity index (χ2n) is 3.80. The molecule has 0 atom stereocenters. The summed E-state index contributed by atoms with van der Waals surface area (Å²) < 4.78 is 0. The first-order chi connectivity index (χ1) is 7.34. The minimum Gasteiger partial charge on any atom is -0.384 e. The normalized spacial score (nSPS) is 18.7. The molecule has 0 spiro atoms. The fourth-order valence-corrected chi connectivity index (χ4v) is 2.70. The number of nitrogens with zero attached hydrogens (tertiary/aromatic N) is 2. The van der Waals surface area contributed by atoms with Gasteiger partial charge in [-0.05, 0) is 30.9 Å². The molecule has 2 heterocycles. The minimum atomic E-state index is 0.622. The zero-order chi connectivity index (χ0) is 10.5. The Morgan fingerprint density at radius 3 is 3.13 bits per heavy atom. The lowest BCUT2D eigenvalue weighted by molar-refractivity contribution is 0.284. The second-order valence-corrected chi connectivity index (χ2v) is 5.02. The molecule has 1 saturated heterocycles. The molecular formula is C11H17N3S. The van der Waals surface area contributed by atoms with Crippen LogP contribution in [0.15, 0.2) is 18.2 Å². The van der Waals surface area contributed by atoms with Crippen LogP contribution >= 0.6 is 11.8 Å². The van der Waals surface area contributed by atoms with E-state index in [2.05, 4.69) is 9.88 Å². The molecule has 0 radical (unpaired) electrons. The number of aromatic nitrogens is 1. The summed E-state index contributed by atoms with van der Waals surface area (Å²) in [7, 11) is 0. The zero-order valence-electron chi connectivity index (χ0n) is 8.85. The smallest absolute Gasteiger partial charge is 0.123 e. The standard InChI is InChI=1S/C11H17N3S/c12-11-4-1-3-10(13-11)9-14-5-2-7-15-8-6-14/h1,3-4H,2,5-9H2,(H2,12,13). The average Bonchev–Trinajstić information content (AvgIpc) is 2.46. The molecule has 4 heteroatoms. The summed E-state index contributed by atoms with van der Waals surface area (Å²) in [6.07, 6.45) is 1.28. The first kappa shape index (κ1) is 10.8. The Labute approximate surface area is 95.1 Å². The summed E-state index contributed by atoms with van der Waals surface area (Å²) in [5, 5.41) is 0. The van der Waals surface area contributed by atoms with E-state index in [4.69, 9.17) is 5.73 Å². The van der Waals surface area contributed by atoms with Gasteiger partial charge in [-0.15, -0.1) is 0 Å². The van der Waals surface area contributed by atoms with Gasteiger partial charge in [0.2, 0.25) is 0 Å². The van der Waals surface area contributed by atoms with Crippen LogP contribution in [0, 0.1) is 0 Å². The van der Waals surface area contributed by atoms with Gasteiger partial charge < -0.3 is 5.73 Å². The Morgan fingerprint density at radius 2 is 2.27 bits per heavy atom. The molecule has 1 aromatic rings. The van der Waals surface area contributed by atoms with E-state index in [1.54, 1.807) is 0 Å². The highest BCUT2D eigenvalue weighted by Gasteiger charge is 2.09. The van der Waals surface area contributed by atoms with Gasteiger partial charge in [-0.3, -0.25) is 4.90 Å². The van der Waals surface area contributed by atoms with Crippen LogP contribution in [-0.4, -0.2) is 34.5 Å². The molecule has 0 saturated carbocycles. The summed E-state index contributed by atoms with van der Waals surface area (Å²) in [6.45, 7) is 3.29. The van der Waals surface area contributed by atoms with E-state index in [-0.39, 0.29) is 0 Å². The first-order valence-corrected chi connectivity index (χ1v) is 6.51. The third kappa shape index (κ3) is 3.39. The highest BCUT2D eigenvalue weighted by molar-refractivity contribution is 7.99. The van der Waals surface area contributed by atoms with Crippen molar-refractivity contribution in [2.75, 3.05) is 30.3 Å². The third-order valence-corrected chi connectivity index (χ3v) is 3.58. The van der Waals surface area contributed by atoms with Gasteiger partial charge in [0.1, 0.15) is 5.82 Å². The molecule has 3 nitrogen and oxygen atoms in total. The lowest BCUT2D eigenvalue weighted by Gasteiger charge is -2.18. The summed E-state index contributed by atoms with van der Waals surface area (Å²) >= 11 is 2.05. The molecule has 0 amide bonds. The second kappa shape index (κ2) is 5.37. The van der Waals surface area contributed by atoms with Gasteiger partial charge >= 0.3 is 0 Å². The number of nitrogen functional groups attached to an aromatic ring is 1. The molecular weight excluding hydrogens is 206 g/mol. The number of thioether (sulfide) groups is 1. The monoisotopic (exact) mass is 223 g/mol. The number of nitrogens with two attached hydrogens (primary N) is 1. The third-order valence-electron chi connectivity index (χ3n) is 2.53. The van der Waals surface area contributed by atoms with Crippen LogP contribution < -0.4 is 5.73 Å². The van der Waals surface area contributed by atoms with Gasteiger partial charge in [0, 0.05) is 18.8 Å². The number of pyridine rings is 1. The molecule has 0 aliphatic carbocycles. The summed E-state index contributed by atoms with van der Waals surface area (Å²) in [6, 6.07) is 5.86. The van der Waals surface area contributed by atoms with Crippen molar-refractivity contribution < 1.29 is 0 Å². The van der Waals surface area contributed by atoms with Gasteiger partial charge in [-0.2, -0.15) is 11.8 Å². The predicted molar refractivity (Wildman–Crippen MR) is 65.9 cm³/mol. The number of rotatable bonds is 2. The van der Waals surface area contributed by atoms with Crippen molar-refractivity contribution in [3.8, 4) is 0 Å². The van der Waals surface area contributed by atoms with E-state index in [1.807, 2.05) is 30.0 Å². The van der Waals surface area contributed by atoms with Gasteiger partial charge in [0.15, 0.2) is 0 Å². The van der Waals surface area contributed by atoms with Crippen LogP contribution in [-0.2, 0) is 6.54 Å². The van der Waals surface area contributed by atoms with Crippen molar-refractivity contribution >= 4 is 17.6 Å². The van der Waals surface area contributed by atoms with Crippen LogP contribution in [0.1, 0.15) is 12.1 Å². The van der Waals surface area contributed by atoms with Crippen molar-refractivity contribution in [1.82, 2.24) is 9.88 Å². The Morgan fingerprint density at radius 1 is 1.33 bits per heavy atom. The average molecular weight is 223 g/mol. The van der Waals surface area contributed by atoms with Gasteiger partial charge in [0.05, 0.1) is 5.69 Å². The van der Waals surface area contributed by atoms with Crippen molar-refractivity contribution in [3.63, 3.8) is 0 Å². The zero-order valence-corrected chi connectivity index (χ0v) is 9.67. The van der Waals surface area contributed by atoms with Gasteiger partial charge in [-0.1, -0.05) is 6.07 Å². The van der Waals surface area contributed by atoms with E-state index in [9.17, 15) is 0 Å². The van der Waals surface area contributed by atoms with Gasteiger partial charge in [-0.25, -0.2) is 4.98 Å². The SMILES string of the molecule is Nc1cccc(CN2CCCSCC2)n1. The van der Waals surface area contributed by atoms with Crippen molar-refractivity contribution in [3.05, 3.63) is 23.9 Å². The number of hydrogen-bond acceptors (Lipinski definition) is 4. The fraction of sp³-hybridized carbons (Fsp3) is 0.545. The largest absolute Gasteiger partial charge is 0.384 e. The fourth-order valence-electron chi connectivity index (χ4n) is 1.77. The summed E-state index contributed by atoms with van der Waals surface area (Å²) in [4.78, 5) is 6.79. The molecule has 1 aliphatic rings. The molecule has 2 N–H and O–H groups in total. The Bertz CT molecular complexity index is 308. The number of hydrogen-bond donors (Lipinski definition) is 1. The lowest BCUT2D eigenvalue weighted by atomic mass is 10.3. The number of anilines is 1. The summed E-state index contributed by atoms with van der Waals surface area (Å²) in [5.74, 6) is 3.15. The van der Waals surface area contributed by atoms with E-state index in [1.165, 1.54) is 31.0 Å². The predicted octanol–water partition coefficient (Wildman–Crippen LogP) is 1.60. The molecule has 0 unspecified atom stereocenters. The first-order valence-electron chi connectivity index (χ1n) is 5.36. The van der Waals surface area contributed by atoms with Crippen molar-refractivity contribution in [2.24, 2.45) is 0 Å². The summed E-state index contributed by atoms with van der Waals surface area (Å²) in [5.41, 5.74) is 6.75. The Kier molecular flexibility index (Phi) is 3.86. The maximum Gasteiger partial charge on any atom is 0.123 e. The molecule has 1 aromatic heterocycles. The van der Waals surface area contributed by atoms with Crippen LogP contribution in [0.3, 0.4) is 0 Å². The van der Waals surface area contributed by atoms with Crippen LogP contribution in [0.4, 0.5) is 5.82 Å². The Hall–Kier alpha value is -0.740. The molecule has 82 valence electrons. The van der Waals surface area contributed by atoms with Crippen LogP contribution in [0.2, 0.25) is 0 Å². The van der Waals surface area contributed by atoms with E-state index in [0.29, 0.717) is 5.82 Å². The molecule has 0 bridgehead atoms. The topological polar surface area (TPSA) is 42.1 Å². The van der Waals surface area contributed by atoms with Crippen LogP contribution in [0.25, 0.3) is 0 Å². The molecule has 15 heavy (non-hydrogen) atoms. The highest BCUT2D eigenvalue weighted by atomic mass is 32.2. The van der Waals surface area contributed by atoms with Gasteiger partial charge in [0.25, 0.3) is 0 Å². The van der Waals surface area contributed by atoms with E-state index < -0.39 is 0 Å². The van der Waals surface area contributed by atoms with E-state index in [0.717, 1.165) is 12.2 Å². The minimum absolute atomic E-state index is 0.622. The molecule has 2 rings (SSSR count). The van der Waals surface area contributed by atoms with E-state index >= 15 is 0 Å². The molecule has 0 aromatic carbocycles. The van der Waals surface area contributed by atoms with Crippen LogP contribution in [0.5, 0.6) is 0 Å². The van der Waals surface area contributed by atoms with Crippen molar-refractivity contribution in [1.29, 1.82) is 0 Å². The maximum absolute atomic E-state index is 5.66. The maximum atomic E-state index is 5.66. The van der Waals surface area contributed by atoms with Crippen molar-refractivity contribution in [2.45, 2.75) is 13.0 Å².